The monoisotopic (exact) mass is 280 g/mol. The standard InChI is InChI=1S/C14H17FN2O3/c1-20-14(19)12-6-3-7-17(12)9-13(18)16-11-5-2-4-10(15)8-11/h2,4-5,8,12H,3,6-7,9H2,1H3,(H,16,18). The molecule has 1 aromatic rings. The molecule has 0 aliphatic carbocycles. The molecule has 5 nitrogen and oxygen atoms in total. The lowest BCUT2D eigenvalue weighted by Gasteiger charge is -2.21. The normalized spacial score (nSPS) is 18.8. The molecule has 1 N–H and O–H groups in total. The number of amides is 1. The minimum absolute atomic E-state index is 0.0935. The van der Waals surface area contributed by atoms with Crippen LogP contribution in [0.25, 0.3) is 0 Å². The second-order valence-electron chi connectivity index (χ2n) is 4.71. The van der Waals surface area contributed by atoms with Crippen LogP contribution < -0.4 is 5.32 Å². The molecule has 1 saturated heterocycles. The molecular formula is C14H17FN2O3. The van der Waals surface area contributed by atoms with Gasteiger partial charge in [-0.2, -0.15) is 0 Å². The lowest BCUT2D eigenvalue weighted by Crippen LogP contribution is -2.41. The minimum Gasteiger partial charge on any atom is -0.468 e. The van der Waals surface area contributed by atoms with Gasteiger partial charge in [-0.3, -0.25) is 14.5 Å². The van der Waals surface area contributed by atoms with Crippen molar-refractivity contribution in [2.24, 2.45) is 0 Å². The van der Waals surface area contributed by atoms with Gasteiger partial charge in [0.25, 0.3) is 0 Å². The summed E-state index contributed by atoms with van der Waals surface area (Å²) < 4.78 is 17.7. The van der Waals surface area contributed by atoms with Crippen molar-refractivity contribution in [1.82, 2.24) is 4.90 Å². The Labute approximate surface area is 116 Å². The van der Waals surface area contributed by atoms with Crippen LogP contribution in [0.15, 0.2) is 24.3 Å². The number of ether oxygens (including phenoxy) is 1. The second-order valence-corrected chi connectivity index (χ2v) is 4.71. The third-order valence-electron chi connectivity index (χ3n) is 3.29. The maximum Gasteiger partial charge on any atom is 0.323 e. The highest BCUT2D eigenvalue weighted by Crippen LogP contribution is 2.18. The summed E-state index contributed by atoms with van der Waals surface area (Å²) in [6, 6.07) is 5.34. The van der Waals surface area contributed by atoms with Crippen LogP contribution >= 0.6 is 0 Å². The fraction of sp³-hybridized carbons (Fsp3) is 0.429. The van der Waals surface area contributed by atoms with E-state index in [0.717, 1.165) is 6.42 Å². The van der Waals surface area contributed by atoms with Crippen LogP contribution in [0.1, 0.15) is 12.8 Å². The molecule has 1 fully saturated rings. The van der Waals surface area contributed by atoms with Crippen LogP contribution in [0.3, 0.4) is 0 Å². The number of nitrogens with one attached hydrogen (secondary N) is 1. The summed E-state index contributed by atoms with van der Waals surface area (Å²) in [4.78, 5) is 25.3. The SMILES string of the molecule is COC(=O)C1CCCN1CC(=O)Nc1cccc(F)c1. The van der Waals surface area contributed by atoms with Crippen LogP contribution in [0.4, 0.5) is 10.1 Å². The number of anilines is 1. The summed E-state index contributed by atoms with van der Waals surface area (Å²) in [6.07, 6.45) is 1.55. The molecule has 0 spiro atoms. The molecule has 0 aromatic heterocycles. The van der Waals surface area contributed by atoms with Crippen LogP contribution in [-0.2, 0) is 14.3 Å². The predicted molar refractivity (Wildman–Crippen MR) is 71.6 cm³/mol. The molecule has 0 bridgehead atoms. The Bertz CT molecular complexity index is 507. The first-order valence-corrected chi connectivity index (χ1v) is 6.47. The second kappa shape index (κ2) is 6.47. The molecule has 2 rings (SSSR count). The van der Waals surface area contributed by atoms with Gasteiger partial charge in [-0.25, -0.2) is 4.39 Å². The van der Waals surface area contributed by atoms with Crippen LogP contribution in [0, 0.1) is 5.82 Å². The van der Waals surface area contributed by atoms with Crippen LogP contribution in [0.5, 0.6) is 0 Å². The molecular weight excluding hydrogens is 263 g/mol. The van der Waals surface area contributed by atoms with Crippen molar-refractivity contribution in [2.75, 3.05) is 25.5 Å². The van der Waals surface area contributed by atoms with Gasteiger partial charge in [0.1, 0.15) is 11.9 Å². The molecule has 108 valence electrons. The molecule has 0 saturated carbocycles. The Morgan fingerprint density at radius 1 is 1.50 bits per heavy atom. The molecule has 0 radical (unpaired) electrons. The van der Waals surface area contributed by atoms with E-state index in [2.05, 4.69) is 5.32 Å². The zero-order chi connectivity index (χ0) is 14.5. The molecule has 1 heterocycles. The van der Waals surface area contributed by atoms with E-state index in [-0.39, 0.29) is 24.5 Å². The highest BCUT2D eigenvalue weighted by Gasteiger charge is 2.32. The molecule has 1 aliphatic heterocycles. The first-order valence-electron chi connectivity index (χ1n) is 6.47. The van der Waals surface area contributed by atoms with Crippen molar-refractivity contribution < 1.29 is 18.7 Å². The number of likely N-dealkylation sites (tertiary alicyclic amines) is 1. The number of esters is 1. The Balaban J connectivity index is 1.92. The van der Waals surface area contributed by atoms with Crippen LogP contribution in [0.2, 0.25) is 0 Å². The number of nitrogens with zero attached hydrogens (tertiary/aromatic N) is 1. The van der Waals surface area contributed by atoms with E-state index in [0.29, 0.717) is 18.7 Å². The van der Waals surface area contributed by atoms with Gasteiger partial charge in [-0.05, 0) is 37.6 Å². The Kier molecular flexibility index (Phi) is 4.68. The van der Waals surface area contributed by atoms with Crippen molar-refractivity contribution >= 4 is 17.6 Å². The zero-order valence-corrected chi connectivity index (χ0v) is 11.3. The highest BCUT2D eigenvalue weighted by atomic mass is 19.1. The summed E-state index contributed by atoms with van der Waals surface area (Å²) in [5, 5.41) is 2.61. The maximum absolute atomic E-state index is 13.0. The summed E-state index contributed by atoms with van der Waals surface area (Å²) in [5.41, 5.74) is 0.406. The average molecular weight is 280 g/mol. The van der Waals surface area contributed by atoms with E-state index in [4.69, 9.17) is 4.74 Å². The van der Waals surface area contributed by atoms with E-state index in [1.807, 2.05) is 0 Å². The third kappa shape index (κ3) is 3.54. The quantitative estimate of drug-likeness (QED) is 0.847. The van der Waals surface area contributed by atoms with E-state index in [1.54, 1.807) is 11.0 Å². The Hall–Kier alpha value is -1.95. The number of hydrogen-bond donors (Lipinski definition) is 1. The van der Waals surface area contributed by atoms with Gasteiger partial charge in [-0.1, -0.05) is 6.07 Å². The van der Waals surface area contributed by atoms with Gasteiger partial charge in [0.2, 0.25) is 5.91 Å². The molecule has 6 heteroatoms. The van der Waals surface area contributed by atoms with Crippen molar-refractivity contribution in [1.29, 1.82) is 0 Å². The van der Waals surface area contributed by atoms with Gasteiger partial charge in [0.05, 0.1) is 13.7 Å². The van der Waals surface area contributed by atoms with E-state index < -0.39 is 5.82 Å². The summed E-state index contributed by atoms with van der Waals surface area (Å²) >= 11 is 0. The topological polar surface area (TPSA) is 58.6 Å². The van der Waals surface area contributed by atoms with Gasteiger partial charge in [0.15, 0.2) is 0 Å². The van der Waals surface area contributed by atoms with Crippen LogP contribution in [-0.4, -0.2) is 43.0 Å². The first kappa shape index (κ1) is 14.5. The number of halogens is 1. The third-order valence-corrected chi connectivity index (χ3v) is 3.29. The lowest BCUT2D eigenvalue weighted by molar-refractivity contribution is -0.146. The lowest BCUT2D eigenvalue weighted by atomic mass is 10.2. The molecule has 1 aromatic carbocycles. The number of methoxy groups -OCH3 is 1. The van der Waals surface area contributed by atoms with Gasteiger partial charge >= 0.3 is 5.97 Å². The number of benzene rings is 1. The van der Waals surface area contributed by atoms with E-state index in [9.17, 15) is 14.0 Å². The average Bonchev–Trinajstić information content (AvgIpc) is 2.85. The number of carbonyl (C=O) groups excluding carboxylic acids is 2. The van der Waals surface area contributed by atoms with E-state index in [1.165, 1.54) is 25.3 Å². The molecule has 1 unspecified atom stereocenters. The predicted octanol–water partition coefficient (Wildman–Crippen LogP) is 1.40. The number of rotatable bonds is 4. The van der Waals surface area contributed by atoms with Gasteiger partial charge in [-0.15, -0.1) is 0 Å². The van der Waals surface area contributed by atoms with Crippen molar-refractivity contribution in [2.45, 2.75) is 18.9 Å². The molecule has 1 amide bonds. The van der Waals surface area contributed by atoms with Gasteiger partial charge < -0.3 is 10.1 Å². The minimum atomic E-state index is -0.406. The molecule has 1 atom stereocenters. The molecule has 20 heavy (non-hydrogen) atoms. The summed E-state index contributed by atoms with van der Waals surface area (Å²) in [5.74, 6) is -0.996. The summed E-state index contributed by atoms with van der Waals surface area (Å²) in [6.45, 7) is 0.770. The largest absolute Gasteiger partial charge is 0.468 e. The number of carbonyl (C=O) groups is 2. The smallest absolute Gasteiger partial charge is 0.323 e. The highest BCUT2D eigenvalue weighted by molar-refractivity contribution is 5.92. The first-order chi connectivity index (χ1) is 9.60. The zero-order valence-electron chi connectivity index (χ0n) is 11.3. The van der Waals surface area contributed by atoms with E-state index >= 15 is 0 Å². The molecule has 1 aliphatic rings. The van der Waals surface area contributed by atoms with Crippen molar-refractivity contribution in [3.8, 4) is 0 Å². The fourth-order valence-electron chi connectivity index (χ4n) is 2.37. The Morgan fingerprint density at radius 2 is 2.30 bits per heavy atom. The summed E-state index contributed by atoms with van der Waals surface area (Å²) in [7, 11) is 1.34. The number of hydrogen-bond acceptors (Lipinski definition) is 4. The fourth-order valence-corrected chi connectivity index (χ4v) is 2.37. The van der Waals surface area contributed by atoms with Gasteiger partial charge in [0, 0.05) is 5.69 Å². The Morgan fingerprint density at radius 3 is 3.00 bits per heavy atom. The maximum atomic E-state index is 13.0. The van der Waals surface area contributed by atoms with Crippen molar-refractivity contribution in [3.63, 3.8) is 0 Å². The van der Waals surface area contributed by atoms with Crippen molar-refractivity contribution in [3.05, 3.63) is 30.1 Å².